The highest BCUT2D eigenvalue weighted by Crippen LogP contribution is 2.33. The average molecular weight is 372 g/mol. The summed E-state index contributed by atoms with van der Waals surface area (Å²) in [4.78, 5) is 11.5. The molecule has 3 aromatic carbocycles. The molecule has 1 N–H and O–H groups in total. The Morgan fingerprint density at radius 3 is 2.29 bits per heavy atom. The Hall–Kier alpha value is -3.54. The van der Waals surface area contributed by atoms with E-state index in [1.54, 1.807) is 6.07 Å². The topological polar surface area (TPSA) is 57.1 Å². The monoisotopic (exact) mass is 372 g/mol. The number of benzene rings is 3. The van der Waals surface area contributed by atoms with Crippen molar-refractivity contribution in [1.82, 2.24) is 0 Å². The molecule has 5 nitrogen and oxygen atoms in total. The largest absolute Gasteiger partial charge is 0.325 e. The van der Waals surface area contributed by atoms with E-state index < -0.39 is 0 Å². The van der Waals surface area contributed by atoms with Crippen LogP contribution in [0.15, 0.2) is 71.0 Å². The molecule has 3 aromatic rings. The summed E-state index contributed by atoms with van der Waals surface area (Å²) < 4.78 is 14.5. The molecule has 6 heteroatoms. The van der Waals surface area contributed by atoms with Gasteiger partial charge in [0.25, 0.3) is 0 Å². The molecule has 0 saturated carbocycles. The van der Waals surface area contributed by atoms with Crippen LogP contribution in [0.4, 0.5) is 15.8 Å². The predicted octanol–water partition coefficient (Wildman–Crippen LogP) is 4.84. The van der Waals surface area contributed by atoms with Crippen LogP contribution >= 0.6 is 0 Å². The van der Waals surface area contributed by atoms with Crippen molar-refractivity contribution in [1.29, 1.82) is 0 Å². The van der Waals surface area contributed by atoms with Gasteiger partial charge in [-0.3, -0.25) is 4.79 Å². The van der Waals surface area contributed by atoms with Crippen molar-refractivity contribution < 1.29 is 9.18 Å². The van der Waals surface area contributed by atoms with E-state index in [-0.39, 0.29) is 11.7 Å². The van der Waals surface area contributed by atoms with Crippen LogP contribution in [-0.2, 0) is 11.2 Å². The number of halogens is 1. The molecule has 0 atom stereocenters. The van der Waals surface area contributed by atoms with E-state index in [0.29, 0.717) is 17.7 Å². The van der Waals surface area contributed by atoms with E-state index in [0.717, 1.165) is 41.0 Å². The zero-order valence-corrected chi connectivity index (χ0v) is 15.0. The normalized spacial score (nSPS) is 15.0. The zero-order chi connectivity index (χ0) is 19.1. The highest BCUT2D eigenvalue weighted by atomic mass is 19.1. The minimum Gasteiger partial charge on any atom is -0.325 e. The summed E-state index contributed by atoms with van der Waals surface area (Å²) in [7, 11) is 0. The van der Waals surface area contributed by atoms with Crippen LogP contribution in [0, 0.1) is 5.82 Å². The van der Waals surface area contributed by atoms with E-state index in [1.807, 2.05) is 53.5 Å². The van der Waals surface area contributed by atoms with Crippen LogP contribution in [0.2, 0.25) is 0 Å². The van der Waals surface area contributed by atoms with Gasteiger partial charge in [0.15, 0.2) is 0 Å². The van der Waals surface area contributed by atoms with Crippen molar-refractivity contribution >= 4 is 17.3 Å². The third-order valence-electron chi connectivity index (χ3n) is 5.10. The Kier molecular flexibility index (Phi) is 3.90. The molecule has 0 spiro atoms. The number of anilines is 2. The fraction of sp³-hybridized carbons (Fsp3) is 0.136. The summed E-state index contributed by atoms with van der Waals surface area (Å²) in [6.07, 6.45) is 0.295. The molecule has 0 aliphatic carbocycles. The highest BCUT2D eigenvalue weighted by Gasteiger charge is 2.20. The second-order valence-electron chi connectivity index (χ2n) is 6.92. The predicted molar refractivity (Wildman–Crippen MR) is 107 cm³/mol. The summed E-state index contributed by atoms with van der Waals surface area (Å²) >= 11 is 0. The third-order valence-corrected chi connectivity index (χ3v) is 5.10. The molecule has 1 amide bonds. The smallest absolute Gasteiger partial charge is 0.228 e. The molecular formula is C22H17FN4O. The lowest BCUT2D eigenvalue weighted by atomic mass is 9.98. The van der Waals surface area contributed by atoms with E-state index in [2.05, 4.69) is 15.7 Å². The average Bonchev–Trinajstić information content (AvgIpc) is 3.37. The first kappa shape index (κ1) is 16.6. The molecule has 0 fully saturated rings. The summed E-state index contributed by atoms with van der Waals surface area (Å²) in [5.41, 5.74) is 5.85. The van der Waals surface area contributed by atoms with E-state index >= 15 is 0 Å². The van der Waals surface area contributed by atoms with Crippen LogP contribution in [0.3, 0.4) is 0 Å². The molecule has 2 aliphatic rings. The van der Waals surface area contributed by atoms with Gasteiger partial charge in [-0.1, -0.05) is 41.6 Å². The number of rotatable bonds is 3. The van der Waals surface area contributed by atoms with Crippen LogP contribution in [-0.4, -0.2) is 19.0 Å². The van der Waals surface area contributed by atoms with Crippen molar-refractivity contribution in [3.63, 3.8) is 0 Å². The van der Waals surface area contributed by atoms with E-state index in [1.165, 1.54) is 6.07 Å². The number of nitrogens with one attached hydrogen (secondary N) is 1. The minimum absolute atomic E-state index is 0.0965. The van der Waals surface area contributed by atoms with Gasteiger partial charge >= 0.3 is 0 Å². The van der Waals surface area contributed by atoms with E-state index in [9.17, 15) is 9.18 Å². The number of fused-ring (bicyclic) bond motifs is 1. The minimum atomic E-state index is -0.335. The number of carbonyl (C=O) groups is 1. The third kappa shape index (κ3) is 2.93. The quantitative estimate of drug-likeness (QED) is 0.715. The van der Waals surface area contributed by atoms with Gasteiger partial charge in [0, 0.05) is 11.3 Å². The van der Waals surface area contributed by atoms with Gasteiger partial charge < -0.3 is 5.32 Å². The lowest BCUT2D eigenvalue weighted by molar-refractivity contribution is -0.115. The second kappa shape index (κ2) is 6.56. The van der Waals surface area contributed by atoms with Gasteiger partial charge in [-0.2, -0.15) is 5.11 Å². The first-order valence-corrected chi connectivity index (χ1v) is 9.15. The lowest BCUT2D eigenvalue weighted by Crippen LogP contribution is -2.13. The highest BCUT2D eigenvalue weighted by molar-refractivity contribution is 5.99. The number of carbonyl (C=O) groups excluding carboxylic acids is 1. The SMILES string of the molecule is O=C1Cc2cc(-c3ccc(-c4ccc(N5CCN=N5)cc4)cc3)c(F)cc2N1. The second-order valence-corrected chi connectivity index (χ2v) is 6.92. The molecule has 0 aromatic heterocycles. The summed E-state index contributed by atoms with van der Waals surface area (Å²) in [6, 6.07) is 19.1. The van der Waals surface area contributed by atoms with Crippen molar-refractivity contribution in [3.05, 3.63) is 72.0 Å². The molecular weight excluding hydrogens is 355 g/mol. The molecule has 0 unspecified atom stereocenters. The molecule has 2 heterocycles. The fourth-order valence-corrected chi connectivity index (χ4v) is 3.62. The summed E-state index contributed by atoms with van der Waals surface area (Å²) in [6.45, 7) is 1.54. The van der Waals surface area contributed by atoms with Crippen LogP contribution < -0.4 is 10.3 Å². The number of hydrogen-bond acceptors (Lipinski definition) is 4. The van der Waals surface area contributed by atoms with Gasteiger partial charge in [0.1, 0.15) is 5.82 Å². The van der Waals surface area contributed by atoms with Gasteiger partial charge in [-0.05, 0) is 46.5 Å². The Morgan fingerprint density at radius 1 is 0.929 bits per heavy atom. The fourth-order valence-electron chi connectivity index (χ4n) is 3.62. The molecule has 0 saturated heterocycles. The summed E-state index contributed by atoms with van der Waals surface area (Å²) in [5, 5.41) is 12.6. The zero-order valence-electron chi connectivity index (χ0n) is 15.0. The van der Waals surface area contributed by atoms with Crippen LogP contribution in [0.5, 0.6) is 0 Å². The van der Waals surface area contributed by atoms with Crippen molar-refractivity contribution in [2.75, 3.05) is 23.4 Å². The van der Waals surface area contributed by atoms with Gasteiger partial charge in [-0.15, -0.1) is 0 Å². The molecule has 2 aliphatic heterocycles. The van der Waals surface area contributed by atoms with Crippen LogP contribution in [0.25, 0.3) is 22.3 Å². The Labute approximate surface area is 161 Å². The molecule has 28 heavy (non-hydrogen) atoms. The van der Waals surface area contributed by atoms with Crippen LogP contribution in [0.1, 0.15) is 5.56 Å². The Balaban J connectivity index is 1.41. The number of nitrogens with zero attached hydrogens (tertiary/aromatic N) is 3. The Morgan fingerprint density at radius 2 is 1.61 bits per heavy atom. The standard InChI is InChI=1S/C22H17FN4O/c23-20-13-21-17(12-22(28)25-21)11-19(20)16-3-1-14(2-4-16)15-5-7-18(8-6-15)27-10-9-24-26-27/h1-8,11,13H,9-10,12H2,(H,25,28). The first-order valence-electron chi connectivity index (χ1n) is 9.15. The maximum Gasteiger partial charge on any atom is 0.228 e. The lowest BCUT2D eigenvalue weighted by Gasteiger charge is -2.12. The van der Waals surface area contributed by atoms with E-state index in [4.69, 9.17) is 0 Å². The Bertz CT molecular complexity index is 1090. The van der Waals surface area contributed by atoms with Crippen molar-refractivity contribution in [2.45, 2.75) is 6.42 Å². The summed E-state index contributed by atoms with van der Waals surface area (Å²) in [5.74, 6) is -0.432. The molecule has 138 valence electrons. The molecule has 0 radical (unpaired) electrons. The molecule has 5 rings (SSSR count). The number of amides is 1. The molecule has 0 bridgehead atoms. The first-order chi connectivity index (χ1) is 13.7. The van der Waals surface area contributed by atoms with Crippen molar-refractivity contribution in [3.8, 4) is 22.3 Å². The number of hydrogen-bond donors (Lipinski definition) is 1. The van der Waals surface area contributed by atoms with Gasteiger partial charge in [0.2, 0.25) is 5.91 Å². The maximum atomic E-state index is 14.5. The van der Waals surface area contributed by atoms with Gasteiger partial charge in [-0.25, -0.2) is 9.40 Å². The maximum absolute atomic E-state index is 14.5. The van der Waals surface area contributed by atoms with Crippen molar-refractivity contribution in [2.24, 2.45) is 10.3 Å². The van der Waals surface area contributed by atoms with Gasteiger partial charge in [0.05, 0.1) is 25.2 Å².